The van der Waals surface area contributed by atoms with Crippen LogP contribution in [0.2, 0.25) is 0 Å². The van der Waals surface area contributed by atoms with Gasteiger partial charge in [-0.25, -0.2) is 4.79 Å². The highest BCUT2D eigenvalue weighted by molar-refractivity contribution is 5.67. The van der Waals surface area contributed by atoms with Gasteiger partial charge in [-0.15, -0.1) is 0 Å². The minimum atomic E-state index is -0.660. The molecule has 2 atom stereocenters. The Kier molecular flexibility index (Phi) is 5.85. The van der Waals surface area contributed by atoms with Gasteiger partial charge < -0.3 is 19.8 Å². The zero-order chi connectivity index (χ0) is 17.9. The zero-order valence-electron chi connectivity index (χ0n) is 14.9. The van der Waals surface area contributed by atoms with E-state index in [-0.39, 0.29) is 6.09 Å². The summed E-state index contributed by atoms with van der Waals surface area (Å²) in [4.78, 5) is 15.5. The predicted molar refractivity (Wildman–Crippen MR) is 91.4 cm³/mol. The number of β-amino-alcohol motifs (C(OH)–C–C–N with tert-alkyl or cyclic N) is 2. The molecule has 0 unspecified atom stereocenters. The van der Waals surface area contributed by atoms with E-state index >= 15 is 0 Å². The van der Waals surface area contributed by atoms with Gasteiger partial charge in [-0.2, -0.15) is 0 Å². The van der Waals surface area contributed by atoms with E-state index < -0.39 is 17.8 Å². The molecular formula is C18H28N2O4. The number of aliphatic hydroxyl groups excluding tert-OH is 2. The fraction of sp³-hybridized carbons (Fsp3) is 0.611. The van der Waals surface area contributed by atoms with Crippen LogP contribution in [0.3, 0.4) is 0 Å². The maximum atomic E-state index is 12.0. The van der Waals surface area contributed by atoms with Gasteiger partial charge in [0, 0.05) is 33.2 Å². The summed E-state index contributed by atoms with van der Waals surface area (Å²) >= 11 is 0. The molecule has 1 fully saturated rings. The van der Waals surface area contributed by atoms with Gasteiger partial charge in [0.15, 0.2) is 0 Å². The second-order valence-electron chi connectivity index (χ2n) is 7.48. The van der Waals surface area contributed by atoms with Crippen LogP contribution < -0.4 is 0 Å². The summed E-state index contributed by atoms with van der Waals surface area (Å²) in [5.74, 6) is 0. The molecule has 134 valence electrons. The lowest BCUT2D eigenvalue weighted by Crippen LogP contribution is -2.33. The fourth-order valence-electron chi connectivity index (χ4n) is 2.66. The molecule has 1 aliphatic rings. The lowest BCUT2D eigenvalue weighted by atomic mass is 10.1. The number of hydrogen-bond acceptors (Lipinski definition) is 5. The van der Waals surface area contributed by atoms with Gasteiger partial charge in [0.2, 0.25) is 0 Å². The molecule has 1 aliphatic heterocycles. The topological polar surface area (TPSA) is 73.2 Å². The van der Waals surface area contributed by atoms with Crippen molar-refractivity contribution in [3.8, 4) is 0 Å². The monoisotopic (exact) mass is 336 g/mol. The summed E-state index contributed by atoms with van der Waals surface area (Å²) in [7, 11) is 1.72. The number of ether oxygens (including phenoxy) is 1. The summed E-state index contributed by atoms with van der Waals surface area (Å²) in [6.07, 6.45) is -1.66. The number of amides is 1. The van der Waals surface area contributed by atoms with Crippen molar-refractivity contribution < 1.29 is 19.7 Å². The highest BCUT2D eigenvalue weighted by Gasteiger charge is 2.29. The van der Waals surface area contributed by atoms with Gasteiger partial charge in [0.1, 0.15) is 5.60 Å². The summed E-state index contributed by atoms with van der Waals surface area (Å²) in [5.41, 5.74) is 1.63. The molecule has 1 aromatic carbocycles. The Morgan fingerprint density at radius 2 is 1.67 bits per heavy atom. The average Bonchev–Trinajstić information content (AvgIpc) is 2.77. The first-order chi connectivity index (χ1) is 11.1. The molecule has 0 bridgehead atoms. The smallest absolute Gasteiger partial charge is 0.410 e. The van der Waals surface area contributed by atoms with Crippen molar-refractivity contribution in [3.05, 3.63) is 35.4 Å². The highest BCUT2D eigenvalue weighted by atomic mass is 16.6. The summed E-state index contributed by atoms with van der Waals surface area (Å²) in [5, 5.41) is 19.2. The van der Waals surface area contributed by atoms with E-state index in [0.29, 0.717) is 26.2 Å². The van der Waals surface area contributed by atoms with Crippen molar-refractivity contribution in [2.45, 2.75) is 51.7 Å². The third-order valence-electron chi connectivity index (χ3n) is 3.89. The van der Waals surface area contributed by atoms with Gasteiger partial charge >= 0.3 is 6.09 Å². The van der Waals surface area contributed by atoms with Crippen molar-refractivity contribution in [3.63, 3.8) is 0 Å². The Morgan fingerprint density at radius 3 is 2.17 bits per heavy atom. The lowest BCUT2D eigenvalue weighted by molar-refractivity contribution is 0.0285. The van der Waals surface area contributed by atoms with Crippen molar-refractivity contribution in [1.82, 2.24) is 9.80 Å². The molecule has 6 heteroatoms. The zero-order valence-corrected chi connectivity index (χ0v) is 14.9. The van der Waals surface area contributed by atoms with Crippen LogP contribution in [0.4, 0.5) is 4.79 Å². The number of benzene rings is 1. The van der Waals surface area contributed by atoms with Crippen molar-refractivity contribution in [2.75, 3.05) is 20.1 Å². The quantitative estimate of drug-likeness (QED) is 0.873. The Balaban J connectivity index is 1.87. The SMILES string of the molecule is CN(Cc1ccc(CN2C[C@@H](O)[C@@H](O)C2)cc1)C(=O)OC(C)(C)C. The van der Waals surface area contributed by atoms with Gasteiger partial charge in [-0.3, -0.25) is 4.90 Å². The molecule has 1 amide bonds. The number of likely N-dealkylation sites (tertiary alicyclic amines) is 1. The van der Waals surface area contributed by atoms with Crippen LogP contribution in [0.25, 0.3) is 0 Å². The molecule has 2 N–H and O–H groups in total. The van der Waals surface area contributed by atoms with Crippen LogP contribution in [0.15, 0.2) is 24.3 Å². The van der Waals surface area contributed by atoms with Crippen LogP contribution in [0.5, 0.6) is 0 Å². The molecule has 0 spiro atoms. The van der Waals surface area contributed by atoms with Crippen LogP contribution in [-0.2, 0) is 17.8 Å². The first-order valence-electron chi connectivity index (χ1n) is 8.24. The fourth-order valence-corrected chi connectivity index (χ4v) is 2.66. The van der Waals surface area contributed by atoms with E-state index in [1.807, 2.05) is 49.9 Å². The lowest BCUT2D eigenvalue weighted by Gasteiger charge is -2.24. The molecule has 0 aliphatic carbocycles. The van der Waals surface area contributed by atoms with E-state index in [0.717, 1.165) is 11.1 Å². The number of hydrogen-bond donors (Lipinski definition) is 2. The molecule has 0 radical (unpaired) electrons. The molecule has 1 saturated heterocycles. The Bertz CT molecular complexity index is 543. The number of carbonyl (C=O) groups is 1. The van der Waals surface area contributed by atoms with E-state index in [1.165, 1.54) is 0 Å². The largest absolute Gasteiger partial charge is 0.444 e. The molecule has 1 heterocycles. The van der Waals surface area contributed by atoms with Gasteiger partial charge in [0.25, 0.3) is 0 Å². The average molecular weight is 336 g/mol. The minimum absolute atomic E-state index is 0.341. The molecule has 0 aromatic heterocycles. The standard InChI is InChI=1S/C18H28N2O4/c1-18(2,3)24-17(23)19(4)9-13-5-7-14(8-6-13)10-20-11-15(21)16(22)12-20/h5-8,15-16,21-22H,9-12H2,1-4H3/t15-,16+. The summed E-state index contributed by atoms with van der Waals surface area (Å²) in [6.45, 7) is 7.69. The second-order valence-corrected chi connectivity index (χ2v) is 7.48. The van der Waals surface area contributed by atoms with Crippen LogP contribution in [0, 0.1) is 0 Å². The van der Waals surface area contributed by atoms with Crippen LogP contribution in [-0.4, -0.2) is 64.1 Å². The summed E-state index contributed by atoms with van der Waals surface area (Å²) < 4.78 is 5.34. The minimum Gasteiger partial charge on any atom is -0.444 e. The third kappa shape index (κ3) is 5.47. The molecule has 6 nitrogen and oxygen atoms in total. The Hall–Kier alpha value is -1.63. The van der Waals surface area contributed by atoms with Gasteiger partial charge in [-0.05, 0) is 31.9 Å². The molecule has 24 heavy (non-hydrogen) atoms. The maximum Gasteiger partial charge on any atom is 0.410 e. The van der Waals surface area contributed by atoms with Gasteiger partial charge in [-0.1, -0.05) is 24.3 Å². The Labute approximate surface area is 143 Å². The number of nitrogens with zero attached hydrogens (tertiary/aromatic N) is 2. The molecule has 0 saturated carbocycles. The van der Waals surface area contributed by atoms with Crippen molar-refractivity contribution >= 4 is 6.09 Å². The number of rotatable bonds is 4. The van der Waals surface area contributed by atoms with E-state index in [4.69, 9.17) is 4.74 Å². The predicted octanol–water partition coefficient (Wildman–Crippen LogP) is 1.59. The van der Waals surface area contributed by atoms with Crippen LogP contribution in [0.1, 0.15) is 31.9 Å². The first kappa shape index (κ1) is 18.7. The highest BCUT2D eigenvalue weighted by Crippen LogP contribution is 2.16. The second kappa shape index (κ2) is 7.51. The van der Waals surface area contributed by atoms with Crippen molar-refractivity contribution in [2.24, 2.45) is 0 Å². The first-order valence-corrected chi connectivity index (χ1v) is 8.24. The van der Waals surface area contributed by atoms with E-state index in [2.05, 4.69) is 0 Å². The molecule has 1 aromatic rings. The van der Waals surface area contributed by atoms with Crippen LogP contribution >= 0.6 is 0 Å². The third-order valence-corrected chi connectivity index (χ3v) is 3.89. The summed E-state index contributed by atoms with van der Waals surface area (Å²) in [6, 6.07) is 7.99. The number of carbonyl (C=O) groups excluding carboxylic acids is 1. The maximum absolute atomic E-state index is 12.0. The normalized spacial score (nSPS) is 21.8. The molecular weight excluding hydrogens is 308 g/mol. The van der Waals surface area contributed by atoms with E-state index in [9.17, 15) is 15.0 Å². The number of aliphatic hydroxyl groups is 2. The Morgan fingerprint density at radius 1 is 1.17 bits per heavy atom. The van der Waals surface area contributed by atoms with Crippen molar-refractivity contribution in [1.29, 1.82) is 0 Å². The van der Waals surface area contributed by atoms with E-state index in [1.54, 1.807) is 11.9 Å². The molecule has 2 rings (SSSR count). The van der Waals surface area contributed by atoms with Gasteiger partial charge in [0.05, 0.1) is 12.2 Å².